The van der Waals surface area contributed by atoms with Gasteiger partial charge in [0.25, 0.3) is 11.5 Å². The van der Waals surface area contributed by atoms with Crippen molar-refractivity contribution in [3.8, 4) is 11.5 Å². The number of hydrogen-bond donors (Lipinski definition) is 2. The molecule has 1 aromatic carbocycles. The van der Waals surface area contributed by atoms with Crippen LogP contribution >= 0.6 is 0 Å². The van der Waals surface area contributed by atoms with Gasteiger partial charge in [0.2, 0.25) is 0 Å². The van der Waals surface area contributed by atoms with Crippen LogP contribution in [0.5, 0.6) is 11.5 Å². The maximum absolute atomic E-state index is 13.1. The van der Waals surface area contributed by atoms with Gasteiger partial charge in [-0.1, -0.05) is 12.1 Å². The number of ether oxygens (including phenoxy) is 2. The van der Waals surface area contributed by atoms with E-state index < -0.39 is 0 Å². The molecule has 0 radical (unpaired) electrons. The summed E-state index contributed by atoms with van der Waals surface area (Å²) in [6.07, 6.45) is 2.08. The second-order valence-corrected chi connectivity index (χ2v) is 8.03. The Balaban J connectivity index is 1.52. The highest BCUT2D eigenvalue weighted by Gasteiger charge is 2.25. The Morgan fingerprint density at radius 3 is 2.82 bits per heavy atom. The van der Waals surface area contributed by atoms with E-state index in [1.807, 2.05) is 24.3 Å². The first-order valence-corrected chi connectivity index (χ1v) is 11.2. The first-order valence-electron chi connectivity index (χ1n) is 11.2. The van der Waals surface area contributed by atoms with Crippen molar-refractivity contribution < 1.29 is 23.8 Å². The number of carbonyl (C=O) groups is 1. The number of nitrogens with zero attached hydrogens (tertiary/aromatic N) is 2. The standard InChI is InChI=1S/C25H29N3O6/c1-32-22-15-23(30)28-10-9-27(17-18-4-2-5-19(14-18)34-13-11-29)8-7-21(28)24(22)25(31)26-16-20-6-3-12-33-20/h2-6,12,14-15,29H,7-11,13,16-17H2,1H3,(H,26,31). The van der Waals surface area contributed by atoms with E-state index in [0.717, 1.165) is 5.56 Å². The number of hydrogen-bond acceptors (Lipinski definition) is 7. The molecule has 0 fully saturated rings. The molecule has 3 heterocycles. The van der Waals surface area contributed by atoms with Crippen molar-refractivity contribution >= 4 is 5.91 Å². The van der Waals surface area contributed by atoms with Crippen LogP contribution in [0.4, 0.5) is 0 Å². The van der Waals surface area contributed by atoms with Gasteiger partial charge in [-0.3, -0.25) is 14.5 Å². The highest BCUT2D eigenvalue weighted by atomic mass is 16.5. The molecule has 1 amide bonds. The van der Waals surface area contributed by atoms with Gasteiger partial charge in [-0.2, -0.15) is 0 Å². The van der Waals surface area contributed by atoms with Gasteiger partial charge >= 0.3 is 0 Å². The Bertz CT molecular complexity index is 1170. The van der Waals surface area contributed by atoms with Crippen molar-refractivity contribution in [2.75, 3.05) is 33.4 Å². The highest BCUT2D eigenvalue weighted by Crippen LogP contribution is 2.24. The molecule has 2 aromatic heterocycles. The lowest BCUT2D eigenvalue weighted by Gasteiger charge is -2.19. The summed E-state index contributed by atoms with van der Waals surface area (Å²) in [5.41, 5.74) is 1.94. The molecule has 9 nitrogen and oxygen atoms in total. The second-order valence-electron chi connectivity index (χ2n) is 8.03. The van der Waals surface area contributed by atoms with Crippen LogP contribution in [0.3, 0.4) is 0 Å². The molecule has 0 aliphatic carbocycles. The van der Waals surface area contributed by atoms with E-state index in [-0.39, 0.29) is 37.0 Å². The number of rotatable bonds is 9. The predicted molar refractivity (Wildman–Crippen MR) is 125 cm³/mol. The Kier molecular flexibility index (Phi) is 7.66. The molecular weight excluding hydrogens is 438 g/mol. The fraction of sp³-hybridized carbons (Fsp3) is 0.360. The van der Waals surface area contributed by atoms with Crippen molar-refractivity contribution in [1.29, 1.82) is 0 Å². The molecule has 2 N–H and O–H groups in total. The van der Waals surface area contributed by atoms with Gasteiger partial charge in [-0.25, -0.2) is 0 Å². The fourth-order valence-corrected chi connectivity index (χ4v) is 4.18. The summed E-state index contributed by atoms with van der Waals surface area (Å²) in [4.78, 5) is 28.2. The van der Waals surface area contributed by atoms with Gasteiger partial charge in [0.05, 0.1) is 26.5 Å². The molecule has 0 saturated carbocycles. The summed E-state index contributed by atoms with van der Waals surface area (Å²) < 4.78 is 17.9. The summed E-state index contributed by atoms with van der Waals surface area (Å²) in [6, 6.07) is 12.7. The van der Waals surface area contributed by atoms with Crippen LogP contribution in [-0.4, -0.2) is 53.9 Å². The number of fused-ring (bicyclic) bond motifs is 1. The average molecular weight is 468 g/mol. The summed E-state index contributed by atoms with van der Waals surface area (Å²) in [6.45, 7) is 2.94. The molecule has 0 saturated heterocycles. The molecule has 4 rings (SSSR count). The van der Waals surface area contributed by atoms with Crippen molar-refractivity contribution in [2.45, 2.75) is 26.1 Å². The molecule has 0 bridgehead atoms. The van der Waals surface area contributed by atoms with Crippen LogP contribution in [0.15, 0.2) is 57.9 Å². The van der Waals surface area contributed by atoms with E-state index in [1.54, 1.807) is 23.0 Å². The quantitative estimate of drug-likeness (QED) is 0.494. The lowest BCUT2D eigenvalue weighted by Crippen LogP contribution is -2.31. The molecule has 0 unspecified atom stereocenters. The first-order chi connectivity index (χ1) is 16.6. The van der Waals surface area contributed by atoms with Crippen LogP contribution < -0.4 is 20.3 Å². The van der Waals surface area contributed by atoms with Crippen LogP contribution in [-0.2, 0) is 26.1 Å². The Labute approximate surface area is 197 Å². The van der Waals surface area contributed by atoms with E-state index in [4.69, 9.17) is 19.0 Å². The Hall–Kier alpha value is -3.56. The molecule has 0 spiro atoms. The molecule has 180 valence electrons. The van der Waals surface area contributed by atoms with Crippen LogP contribution in [0, 0.1) is 0 Å². The molecule has 1 aliphatic heterocycles. The van der Waals surface area contributed by atoms with E-state index >= 15 is 0 Å². The van der Waals surface area contributed by atoms with Crippen molar-refractivity contribution in [1.82, 2.24) is 14.8 Å². The van der Waals surface area contributed by atoms with E-state index in [2.05, 4.69) is 10.2 Å². The number of methoxy groups -OCH3 is 1. The number of aliphatic hydroxyl groups is 1. The SMILES string of the molecule is COc1cc(=O)n2c(c1C(=O)NCc1ccco1)CCN(Cc1cccc(OCCO)c1)CC2. The van der Waals surface area contributed by atoms with Crippen molar-refractivity contribution in [2.24, 2.45) is 0 Å². The predicted octanol–water partition coefficient (Wildman–Crippen LogP) is 1.81. The summed E-state index contributed by atoms with van der Waals surface area (Å²) in [5.74, 6) is 1.32. The number of amides is 1. The molecule has 1 aliphatic rings. The number of furan rings is 1. The minimum absolute atomic E-state index is 0.0375. The average Bonchev–Trinajstić information content (AvgIpc) is 3.28. The zero-order valence-electron chi connectivity index (χ0n) is 19.2. The normalized spacial score (nSPS) is 13.7. The Morgan fingerprint density at radius 2 is 2.06 bits per heavy atom. The van der Waals surface area contributed by atoms with E-state index in [9.17, 15) is 9.59 Å². The van der Waals surface area contributed by atoms with Crippen LogP contribution in [0.2, 0.25) is 0 Å². The van der Waals surface area contributed by atoms with E-state index in [0.29, 0.717) is 55.4 Å². The Morgan fingerprint density at radius 1 is 1.18 bits per heavy atom. The minimum atomic E-state index is -0.306. The van der Waals surface area contributed by atoms with Gasteiger partial charge in [0.1, 0.15) is 29.4 Å². The third-order valence-electron chi connectivity index (χ3n) is 5.80. The third kappa shape index (κ3) is 5.49. The maximum atomic E-state index is 13.1. The van der Waals surface area contributed by atoms with Gasteiger partial charge in [-0.15, -0.1) is 0 Å². The molecular formula is C25H29N3O6. The van der Waals surface area contributed by atoms with Gasteiger partial charge in [-0.05, 0) is 29.8 Å². The summed E-state index contributed by atoms with van der Waals surface area (Å²) >= 11 is 0. The smallest absolute Gasteiger partial charge is 0.257 e. The monoisotopic (exact) mass is 467 g/mol. The second kappa shape index (κ2) is 11.0. The number of aromatic nitrogens is 1. The highest BCUT2D eigenvalue weighted by molar-refractivity contribution is 5.98. The largest absolute Gasteiger partial charge is 0.496 e. The minimum Gasteiger partial charge on any atom is -0.496 e. The van der Waals surface area contributed by atoms with Gasteiger partial charge in [0.15, 0.2) is 0 Å². The topological polar surface area (TPSA) is 106 Å². The number of aliphatic hydroxyl groups excluding tert-OH is 1. The molecule has 0 atom stereocenters. The fourth-order valence-electron chi connectivity index (χ4n) is 4.18. The third-order valence-corrected chi connectivity index (χ3v) is 5.80. The number of nitrogens with one attached hydrogen (secondary N) is 1. The zero-order valence-corrected chi connectivity index (χ0v) is 19.2. The summed E-state index contributed by atoms with van der Waals surface area (Å²) in [7, 11) is 1.46. The van der Waals surface area contributed by atoms with Crippen LogP contribution in [0.25, 0.3) is 0 Å². The van der Waals surface area contributed by atoms with E-state index in [1.165, 1.54) is 13.2 Å². The lowest BCUT2D eigenvalue weighted by atomic mass is 10.1. The maximum Gasteiger partial charge on any atom is 0.257 e. The number of carbonyl (C=O) groups excluding carboxylic acids is 1. The molecule has 9 heteroatoms. The molecule has 3 aromatic rings. The number of benzene rings is 1. The van der Waals surface area contributed by atoms with Gasteiger partial charge < -0.3 is 28.9 Å². The zero-order chi connectivity index (χ0) is 23.9. The summed E-state index contributed by atoms with van der Waals surface area (Å²) in [5, 5.41) is 11.8. The van der Waals surface area contributed by atoms with Crippen molar-refractivity contribution in [3.63, 3.8) is 0 Å². The first kappa shape index (κ1) is 23.6. The van der Waals surface area contributed by atoms with Crippen molar-refractivity contribution in [3.05, 3.63) is 81.7 Å². The van der Waals surface area contributed by atoms with Gasteiger partial charge in [0, 0.05) is 44.4 Å². The lowest BCUT2D eigenvalue weighted by molar-refractivity contribution is 0.0942. The molecule has 34 heavy (non-hydrogen) atoms. The van der Waals surface area contributed by atoms with Crippen LogP contribution in [0.1, 0.15) is 27.4 Å². The number of pyridine rings is 1.